The summed E-state index contributed by atoms with van der Waals surface area (Å²) in [6.45, 7) is 0.399. The van der Waals surface area contributed by atoms with Crippen LogP contribution in [0.1, 0.15) is 48.2 Å². The van der Waals surface area contributed by atoms with E-state index in [9.17, 15) is 13.2 Å². The monoisotopic (exact) mass is 435 g/mol. The van der Waals surface area contributed by atoms with Crippen molar-refractivity contribution < 1.29 is 17.9 Å². The Bertz CT molecular complexity index is 1040. The van der Waals surface area contributed by atoms with Crippen molar-refractivity contribution in [3.8, 4) is 0 Å². The Kier molecular flexibility index (Phi) is 6.30. The van der Waals surface area contributed by atoms with E-state index < -0.39 is 6.68 Å². The van der Waals surface area contributed by atoms with Crippen LogP contribution in [0.2, 0.25) is 0 Å². The molecule has 1 aliphatic heterocycles. The molecule has 2 fully saturated rings. The number of anilines is 1. The summed E-state index contributed by atoms with van der Waals surface area (Å²) in [4.78, 5) is 21.1. The molecule has 0 bridgehead atoms. The number of aryl methyl sites for hydroxylation is 2. The molecule has 1 saturated heterocycles. The van der Waals surface area contributed by atoms with Gasteiger partial charge in [0.2, 0.25) is 5.95 Å². The molecule has 4 heterocycles. The highest BCUT2D eigenvalue weighted by atomic mass is 19.4. The molecule has 0 radical (unpaired) electrons. The van der Waals surface area contributed by atoms with Crippen molar-refractivity contribution in [3.05, 3.63) is 35.5 Å². The summed E-state index contributed by atoms with van der Waals surface area (Å²) >= 11 is 0. The lowest BCUT2D eigenvalue weighted by Gasteiger charge is -2.33. The fourth-order valence-corrected chi connectivity index (χ4v) is 3.75. The number of fused-ring (bicyclic) bond motifs is 1. The second-order valence-electron chi connectivity index (χ2n) is 7.72. The van der Waals surface area contributed by atoms with Crippen LogP contribution < -0.4 is 4.90 Å². The molecule has 166 valence electrons. The average molecular weight is 435 g/mol. The zero-order chi connectivity index (χ0) is 22.0. The summed E-state index contributed by atoms with van der Waals surface area (Å²) in [7, 11) is 1.92. The van der Waals surface area contributed by atoms with Crippen molar-refractivity contribution in [1.29, 1.82) is 0 Å². The van der Waals surface area contributed by atoms with Crippen LogP contribution in [-0.2, 0) is 11.8 Å². The van der Waals surface area contributed by atoms with Crippen LogP contribution >= 0.6 is 0 Å². The number of nitrogens with zero attached hydrogens (tertiary/aromatic N) is 7. The summed E-state index contributed by atoms with van der Waals surface area (Å²) in [6.07, 6.45) is 9.24. The first-order valence-electron chi connectivity index (χ1n) is 10.2. The van der Waals surface area contributed by atoms with E-state index in [2.05, 4.69) is 20.0 Å². The molecule has 3 aromatic heterocycles. The predicted octanol–water partition coefficient (Wildman–Crippen LogP) is 3.49. The molecule has 0 aromatic carbocycles. The number of morpholine rings is 1. The second kappa shape index (κ2) is 9.13. The van der Waals surface area contributed by atoms with Crippen LogP contribution in [0.25, 0.3) is 11.2 Å². The van der Waals surface area contributed by atoms with Crippen molar-refractivity contribution in [2.24, 2.45) is 7.05 Å². The highest BCUT2D eigenvalue weighted by molar-refractivity contribution is 5.74. The first-order valence-corrected chi connectivity index (χ1v) is 10.2. The minimum atomic E-state index is -3.67. The van der Waals surface area contributed by atoms with Crippen molar-refractivity contribution >= 4 is 17.1 Å². The van der Waals surface area contributed by atoms with E-state index in [1.54, 1.807) is 10.9 Å². The van der Waals surface area contributed by atoms with E-state index in [1.165, 1.54) is 19.3 Å². The molecule has 5 rings (SSSR count). The molecule has 1 unspecified atom stereocenters. The van der Waals surface area contributed by atoms with E-state index in [1.807, 2.05) is 26.4 Å². The molecular formula is C20H24F3N7O. The summed E-state index contributed by atoms with van der Waals surface area (Å²) in [5.41, 5.74) is 4.57. The van der Waals surface area contributed by atoms with Crippen molar-refractivity contribution in [1.82, 2.24) is 29.7 Å². The van der Waals surface area contributed by atoms with Crippen molar-refractivity contribution in [3.63, 3.8) is 0 Å². The van der Waals surface area contributed by atoms with E-state index in [-0.39, 0.29) is 6.10 Å². The molecule has 0 spiro atoms. The normalized spacial score (nSPS) is 19.3. The van der Waals surface area contributed by atoms with Crippen LogP contribution in [0, 0.1) is 6.92 Å². The minimum absolute atomic E-state index is 0.0255. The smallest absolute Gasteiger partial charge is 0.370 e. The lowest BCUT2D eigenvalue weighted by molar-refractivity contribution is 0.00819. The van der Waals surface area contributed by atoms with E-state index in [0.717, 1.165) is 35.0 Å². The summed E-state index contributed by atoms with van der Waals surface area (Å²) in [5.74, 6) is 1.21. The van der Waals surface area contributed by atoms with Gasteiger partial charge < -0.3 is 9.64 Å². The average Bonchev–Trinajstić information content (AvgIpc) is 3.12. The molecule has 0 N–H and O–H groups in total. The van der Waals surface area contributed by atoms with Crippen LogP contribution in [0.15, 0.2) is 18.6 Å². The maximum absolute atomic E-state index is 9.67. The Balaban J connectivity index is 0.000000535. The van der Waals surface area contributed by atoms with Crippen molar-refractivity contribution in [2.45, 2.75) is 44.9 Å². The van der Waals surface area contributed by atoms with Gasteiger partial charge in [0.1, 0.15) is 11.6 Å². The maximum Gasteiger partial charge on any atom is 0.379 e. The third kappa shape index (κ3) is 4.92. The van der Waals surface area contributed by atoms with Crippen LogP contribution in [0.4, 0.5) is 19.1 Å². The second-order valence-corrected chi connectivity index (χ2v) is 7.72. The lowest BCUT2D eigenvalue weighted by atomic mass is 9.82. The van der Waals surface area contributed by atoms with Gasteiger partial charge in [0.15, 0.2) is 5.65 Å². The van der Waals surface area contributed by atoms with Gasteiger partial charge in [-0.3, -0.25) is 4.68 Å². The standard InChI is InChI=1S/C19H23N7O.CHF3/c1-12-8-20-17-16(13-4-3-5-13)23-19(24-18(17)22-12)26-6-7-27-15(11-26)14-9-21-25(2)10-14;2-1(3)4/h8-10,13,15H,3-7,11H2,1-2H3;1H. The first kappa shape index (κ1) is 21.4. The zero-order valence-electron chi connectivity index (χ0n) is 17.4. The Morgan fingerprint density at radius 1 is 1.13 bits per heavy atom. The molecule has 1 aliphatic carbocycles. The van der Waals surface area contributed by atoms with Gasteiger partial charge in [-0.15, -0.1) is 0 Å². The number of ether oxygens (including phenoxy) is 1. The number of hydrogen-bond acceptors (Lipinski definition) is 7. The molecule has 3 aromatic rings. The molecule has 31 heavy (non-hydrogen) atoms. The van der Waals surface area contributed by atoms with Crippen molar-refractivity contribution in [2.75, 3.05) is 24.6 Å². The maximum atomic E-state index is 9.67. The van der Waals surface area contributed by atoms with Gasteiger partial charge >= 0.3 is 6.68 Å². The van der Waals surface area contributed by atoms with E-state index in [0.29, 0.717) is 24.7 Å². The SMILES string of the molecule is Cc1cnc2c(C3CCC3)nc(N3CCOC(c4cnn(C)c4)C3)nc2n1.FC(F)F. The minimum Gasteiger partial charge on any atom is -0.370 e. The molecule has 1 atom stereocenters. The molecule has 0 amide bonds. The largest absolute Gasteiger partial charge is 0.379 e. The van der Waals surface area contributed by atoms with Crippen LogP contribution in [0.3, 0.4) is 0 Å². The predicted molar refractivity (Wildman–Crippen MR) is 108 cm³/mol. The number of rotatable bonds is 3. The Labute approximate surface area is 177 Å². The van der Waals surface area contributed by atoms with Gasteiger partial charge in [-0.25, -0.2) is 15.0 Å². The van der Waals surface area contributed by atoms with Gasteiger partial charge in [-0.1, -0.05) is 6.42 Å². The molecule has 8 nitrogen and oxygen atoms in total. The van der Waals surface area contributed by atoms with Gasteiger partial charge in [-0.05, 0) is 19.8 Å². The first-order chi connectivity index (χ1) is 14.9. The number of alkyl halides is 3. The summed E-state index contributed by atoms with van der Waals surface area (Å²) in [5, 5.41) is 4.26. The van der Waals surface area contributed by atoms with Gasteiger partial charge in [-0.2, -0.15) is 23.3 Å². The highest BCUT2D eigenvalue weighted by Crippen LogP contribution is 2.38. The molecule has 2 aliphatic rings. The number of hydrogen-bond donors (Lipinski definition) is 0. The zero-order valence-corrected chi connectivity index (χ0v) is 17.4. The lowest BCUT2D eigenvalue weighted by Crippen LogP contribution is -2.39. The quantitative estimate of drug-likeness (QED) is 0.623. The van der Waals surface area contributed by atoms with Crippen LogP contribution in [0.5, 0.6) is 0 Å². The van der Waals surface area contributed by atoms with Gasteiger partial charge in [0, 0.05) is 37.5 Å². The fraction of sp³-hybridized carbons (Fsp3) is 0.550. The topological polar surface area (TPSA) is 81.9 Å². The number of aromatic nitrogens is 6. The Morgan fingerprint density at radius 2 is 1.90 bits per heavy atom. The molecule has 11 heteroatoms. The Morgan fingerprint density at radius 3 is 2.55 bits per heavy atom. The van der Waals surface area contributed by atoms with Gasteiger partial charge in [0.05, 0.1) is 30.7 Å². The fourth-order valence-electron chi connectivity index (χ4n) is 3.75. The molecular weight excluding hydrogens is 411 g/mol. The number of halogens is 3. The summed E-state index contributed by atoms with van der Waals surface area (Å²) in [6, 6.07) is 0. The van der Waals surface area contributed by atoms with Crippen LogP contribution in [-0.4, -0.2) is 56.1 Å². The molecule has 1 saturated carbocycles. The van der Waals surface area contributed by atoms with E-state index >= 15 is 0 Å². The summed E-state index contributed by atoms with van der Waals surface area (Å²) < 4.78 is 36.8. The highest BCUT2D eigenvalue weighted by Gasteiger charge is 2.29. The Hall–Kier alpha value is -2.82. The third-order valence-electron chi connectivity index (χ3n) is 5.48. The van der Waals surface area contributed by atoms with Gasteiger partial charge in [0.25, 0.3) is 0 Å². The van der Waals surface area contributed by atoms with E-state index in [4.69, 9.17) is 14.7 Å². The third-order valence-corrected chi connectivity index (χ3v) is 5.48.